The molecule has 1 aromatic carbocycles. The predicted molar refractivity (Wildman–Crippen MR) is 77.4 cm³/mol. The van der Waals surface area contributed by atoms with Crippen LogP contribution in [-0.2, 0) is 4.79 Å². The summed E-state index contributed by atoms with van der Waals surface area (Å²) < 4.78 is 5.79. The molecule has 106 valence electrons. The molecule has 2 N–H and O–H groups in total. The van der Waals surface area contributed by atoms with E-state index in [1.807, 2.05) is 33.0 Å². The molecular formula is C15H24N2O2. The van der Waals surface area contributed by atoms with Gasteiger partial charge >= 0.3 is 0 Å². The van der Waals surface area contributed by atoms with E-state index in [1.54, 1.807) is 6.92 Å². The Morgan fingerprint density at radius 2 is 2.05 bits per heavy atom. The molecule has 0 saturated heterocycles. The molecule has 1 rings (SSSR count). The third kappa shape index (κ3) is 4.24. The van der Waals surface area contributed by atoms with E-state index in [2.05, 4.69) is 23.6 Å². The van der Waals surface area contributed by atoms with Crippen molar-refractivity contribution in [2.75, 3.05) is 13.6 Å². The number of amides is 1. The molecule has 1 aromatic rings. The van der Waals surface area contributed by atoms with Crippen LogP contribution in [0.25, 0.3) is 0 Å². The lowest BCUT2D eigenvalue weighted by atomic mass is 10.0. The van der Waals surface area contributed by atoms with Gasteiger partial charge in [0.25, 0.3) is 5.91 Å². The van der Waals surface area contributed by atoms with Crippen molar-refractivity contribution in [3.05, 3.63) is 29.3 Å². The second kappa shape index (κ2) is 7.14. The number of hydrogen-bond acceptors (Lipinski definition) is 3. The Hall–Kier alpha value is -1.55. The third-order valence-electron chi connectivity index (χ3n) is 3.09. The van der Waals surface area contributed by atoms with Gasteiger partial charge in [-0.1, -0.05) is 17.7 Å². The van der Waals surface area contributed by atoms with E-state index in [1.165, 1.54) is 5.56 Å². The van der Waals surface area contributed by atoms with Crippen molar-refractivity contribution >= 4 is 5.91 Å². The summed E-state index contributed by atoms with van der Waals surface area (Å²) in [4.78, 5) is 11.7. The van der Waals surface area contributed by atoms with Gasteiger partial charge in [-0.2, -0.15) is 0 Å². The number of aryl methyl sites for hydroxylation is 1. The van der Waals surface area contributed by atoms with Gasteiger partial charge < -0.3 is 15.4 Å². The van der Waals surface area contributed by atoms with Gasteiger partial charge in [0.1, 0.15) is 5.75 Å². The van der Waals surface area contributed by atoms with Crippen LogP contribution in [0.3, 0.4) is 0 Å². The monoisotopic (exact) mass is 264 g/mol. The molecule has 0 radical (unpaired) electrons. The van der Waals surface area contributed by atoms with Crippen LogP contribution < -0.4 is 15.4 Å². The highest BCUT2D eigenvalue weighted by Gasteiger charge is 2.17. The number of ether oxygens (including phenoxy) is 1. The Morgan fingerprint density at radius 1 is 1.37 bits per heavy atom. The molecule has 1 amide bonds. The lowest BCUT2D eigenvalue weighted by Crippen LogP contribution is -2.36. The van der Waals surface area contributed by atoms with Gasteiger partial charge in [0.05, 0.1) is 0 Å². The Balaban J connectivity index is 2.91. The second-order valence-electron chi connectivity index (χ2n) is 4.71. The van der Waals surface area contributed by atoms with E-state index in [0.717, 1.165) is 11.3 Å². The standard InChI is InChI=1S/C15H24N2O2/c1-6-17-15(18)12(4)19-14-8-7-10(2)9-13(14)11(3)16-5/h7-9,11-12,16H,6H2,1-5H3,(H,17,18). The number of benzene rings is 1. The van der Waals surface area contributed by atoms with E-state index in [-0.39, 0.29) is 11.9 Å². The fourth-order valence-electron chi connectivity index (χ4n) is 1.83. The summed E-state index contributed by atoms with van der Waals surface area (Å²) in [6.45, 7) is 8.38. The van der Waals surface area contributed by atoms with E-state index < -0.39 is 6.10 Å². The fourth-order valence-corrected chi connectivity index (χ4v) is 1.83. The van der Waals surface area contributed by atoms with E-state index >= 15 is 0 Å². The van der Waals surface area contributed by atoms with Gasteiger partial charge in [0, 0.05) is 18.2 Å². The highest BCUT2D eigenvalue weighted by molar-refractivity contribution is 5.80. The van der Waals surface area contributed by atoms with Crippen molar-refractivity contribution in [3.63, 3.8) is 0 Å². The number of carbonyl (C=O) groups excluding carboxylic acids is 1. The summed E-state index contributed by atoms with van der Waals surface area (Å²) in [6, 6.07) is 6.18. The largest absolute Gasteiger partial charge is 0.481 e. The SMILES string of the molecule is CCNC(=O)C(C)Oc1ccc(C)cc1C(C)NC. The number of rotatable bonds is 6. The second-order valence-corrected chi connectivity index (χ2v) is 4.71. The van der Waals surface area contributed by atoms with Crippen LogP contribution in [-0.4, -0.2) is 25.6 Å². The summed E-state index contributed by atoms with van der Waals surface area (Å²) in [5.74, 6) is 0.664. The van der Waals surface area contributed by atoms with E-state index in [0.29, 0.717) is 6.54 Å². The zero-order valence-electron chi connectivity index (χ0n) is 12.4. The molecule has 0 aromatic heterocycles. The Morgan fingerprint density at radius 3 is 2.63 bits per heavy atom. The van der Waals surface area contributed by atoms with Crippen LogP contribution >= 0.6 is 0 Å². The fraction of sp³-hybridized carbons (Fsp3) is 0.533. The molecule has 0 heterocycles. The molecule has 2 unspecified atom stereocenters. The van der Waals surface area contributed by atoms with Gasteiger partial charge in [-0.25, -0.2) is 0 Å². The average Bonchev–Trinajstić information content (AvgIpc) is 2.40. The van der Waals surface area contributed by atoms with Crippen molar-refractivity contribution in [3.8, 4) is 5.75 Å². The summed E-state index contributed by atoms with van der Waals surface area (Å²) >= 11 is 0. The molecule has 4 heteroatoms. The molecule has 0 fully saturated rings. The molecule has 0 aliphatic rings. The maximum absolute atomic E-state index is 11.7. The first-order valence-corrected chi connectivity index (χ1v) is 6.71. The molecule has 2 atom stereocenters. The van der Waals surface area contributed by atoms with E-state index in [9.17, 15) is 4.79 Å². The summed E-state index contributed by atoms with van der Waals surface area (Å²) in [7, 11) is 1.91. The molecular weight excluding hydrogens is 240 g/mol. The third-order valence-corrected chi connectivity index (χ3v) is 3.09. The molecule has 0 aliphatic heterocycles. The zero-order valence-corrected chi connectivity index (χ0v) is 12.4. The van der Waals surface area contributed by atoms with Gasteiger partial charge in [-0.05, 0) is 40.8 Å². The minimum atomic E-state index is -0.495. The number of likely N-dealkylation sites (N-methyl/N-ethyl adjacent to an activating group) is 1. The average molecular weight is 264 g/mol. The van der Waals surface area contributed by atoms with Gasteiger partial charge in [-0.15, -0.1) is 0 Å². The van der Waals surface area contributed by atoms with Gasteiger partial charge in [0.15, 0.2) is 6.10 Å². The van der Waals surface area contributed by atoms with Crippen molar-refractivity contribution in [2.24, 2.45) is 0 Å². The zero-order chi connectivity index (χ0) is 14.4. The van der Waals surface area contributed by atoms with Crippen LogP contribution in [0.2, 0.25) is 0 Å². The molecule has 0 aliphatic carbocycles. The number of nitrogens with one attached hydrogen (secondary N) is 2. The minimum Gasteiger partial charge on any atom is -0.481 e. The van der Waals surface area contributed by atoms with Crippen molar-refractivity contribution < 1.29 is 9.53 Å². The molecule has 4 nitrogen and oxygen atoms in total. The van der Waals surface area contributed by atoms with E-state index in [4.69, 9.17) is 4.74 Å². The molecule has 19 heavy (non-hydrogen) atoms. The lowest BCUT2D eigenvalue weighted by molar-refractivity contribution is -0.127. The van der Waals surface area contributed by atoms with Crippen molar-refractivity contribution in [1.82, 2.24) is 10.6 Å². The van der Waals surface area contributed by atoms with Crippen LogP contribution in [0.5, 0.6) is 5.75 Å². The smallest absolute Gasteiger partial charge is 0.260 e. The molecule has 0 saturated carbocycles. The van der Waals surface area contributed by atoms with Crippen molar-refractivity contribution in [2.45, 2.75) is 39.8 Å². The summed E-state index contributed by atoms with van der Waals surface area (Å²) in [5.41, 5.74) is 2.24. The van der Waals surface area contributed by atoms with Crippen LogP contribution in [0.1, 0.15) is 37.9 Å². The van der Waals surface area contributed by atoms with Gasteiger partial charge in [-0.3, -0.25) is 4.79 Å². The topological polar surface area (TPSA) is 50.4 Å². The first-order chi connectivity index (χ1) is 8.99. The summed E-state index contributed by atoms with van der Waals surface area (Å²) in [5, 5.41) is 5.96. The highest BCUT2D eigenvalue weighted by atomic mass is 16.5. The van der Waals surface area contributed by atoms with Gasteiger partial charge in [0.2, 0.25) is 0 Å². The number of carbonyl (C=O) groups is 1. The maximum Gasteiger partial charge on any atom is 0.260 e. The number of hydrogen-bond donors (Lipinski definition) is 2. The van der Waals surface area contributed by atoms with Crippen LogP contribution in [0, 0.1) is 6.92 Å². The molecule has 0 bridgehead atoms. The summed E-state index contributed by atoms with van der Waals surface area (Å²) in [6.07, 6.45) is -0.495. The first-order valence-electron chi connectivity index (χ1n) is 6.71. The normalized spacial score (nSPS) is 13.7. The Kier molecular flexibility index (Phi) is 5.83. The Labute approximate surface area is 115 Å². The lowest BCUT2D eigenvalue weighted by Gasteiger charge is -2.20. The first kappa shape index (κ1) is 15.5. The minimum absolute atomic E-state index is 0.0915. The van der Waals surface area contributed by atoms with Crippen LogP contribution in [0.4, 0.5) is 0 Å². The highest BCUT2D eigenvalue weighted by Crippen LogP contribution is 2.27. The van der Waals surface area contributed by atoms with Crippen LogP contribution in [0.15, 0.2) is 18.2 Å². The maximum atomic E-state index is 11.7. The van der Waals surface area contributed by atoms with Crippen molar-refractivity contribution in [1.29, 1.82) is 0 Å². The molecule has 0 spiro atoms. The predicted octanol–water partition coefficient (Wildman–Crippen LogP) is 2.18. The quantitative estimate of drug-likeness (QED) is 0.828. The Bertz CT molecular complexity index is 432.